The molecule has 0 aliphatic carbocycles. The number of carboxylic acid groups (broad SMARTS) is 1. The number of rotatable bonds is 3. The Morgan fingerprint density at radius 1 is 1.35 bits per heavy atom. The van der Waals surface area contributed by atoms with Gasteiger partial charge in [0.2, 0.25) is 0 Å². The molecular weight excluding hydrogens is 278 g/mol. The topological polar surface area (TPSA) is 103 Å². The number of carbonyl (C=O) groups excluding carboxylic acids is 1. The molecule has 1 amide bonds. The first-order valence-corrected chi connectivity index (χ1v) is 6.35. The van der Waals surface area contributed by atoms with Crippen molar-refractivity contribution in [2.75, 3.05) is 5.32 Å². The molecule has 2 aromatic rings. The van der Waals surface area contributed by atoms with Crippen molar-refractivity contribution in [1.29, 1.82) is 5.26 Å². The van der Waals surface area contributed by atoms with E-state index in [9.17, 15) is 9.59 Å². The molecule has 0 bridgehead atoms. The van der Waals surface area contributed by atoms with E-state index in [1.54, 1.807) is 6.92 Å². The molecule has 0 fully saturated rings. The molecule has 0 atom stereocenters. The van der Waals surface area contributed by atoms with Crippen molar-refractivity contribution in [2.45, 2.75) is 6.92 Å². The van der Waals surface area contributed by atoms with Crippen molar-refractivity contribution < 1.29 is 14.7 Å². The predicted molar refractivity (Wildman–Crippen MR) is 72.9 cm³/mol. The van der Waals surface area contributed by atoms with Crippen LogP contribution in [0.3, 0.4) is 0 Å². The molecule has 2 N–H and O–H groups in total. The van der Waals surface area contributed by atoms with Gasteiger partial charge in [0.05, 0.1) is 16.3 Å². The first-order chi connectivity index (χ1) is 9.51. The van der Waals surface area contributed by atoms with Crippen molar-refractivity contribution in [3.63, 3.8) is 0 Å². The molecule has 0 aliphatic rings. The molecule has 2 heterocycles. The van der Waals surface area contributed by atoms with Gasteiger partial charge in [-0.25, -0.2) is 9.78 Å². The predicted octanol–water partition coefficient (Wildman–Crippen LogP) is 2.27. The Morgan fingerprint density at radius 3 is 2.65 bits per heavy atom. The monoisotopic (exact) mass is 287 g/mol. The lowest BCUT2D eigenvalue weighted by Gasteiger charge is -2.03. The third-order valence-electron chi connectivity index (χ3n) is 2.49. The normalized spacial score (nSPS) is 9.80. The van der Waals surface area contributed by atoms with Gasteiger partial charge in [0.15, 0.2) is 0 Å². The number of hydrogen-bond acceptors (Lipinski definition) is 5. The Morgan fingerprint density at radius 2 is 2.10 bits per heavy atom. The summed E-state index contributed by atoms with van der Waals surface area (Å²) in [4.78, 5) is 26.9. The summed E-state index contributed by atoms with van der Waals surface area (Å²) in [6.07, 6.45) is 0. The number of amides is 1. The highest BCUT2D eigenvalue weighted by molar-refractivity contribution is 7.18. The molecule has 7 heteroatoms. The Labute approximate surface area is 118 Å². The number of carbonyl (C=O) groups is 2. The second-order valence-electron chi connectivity index (χ2n) is 3.86. The Bertz CT molecular complexity index is 731. The zero-order valence-electron chi connectivity index (χ0n) is 10.4. The van der Waals surface area contributed by atoms with Crippen molar-refractivity contribution >= 4 is 28.2 Å². The molecule has 0 spiro atoms. The van der Waals surface area contributed by atoms with E-state index in [-0.39, 0.29) is 10.6 Å². The minimum absolute atomic E-state index is 0.143. The van der Waals surface area contributed by atoms with Crippen molar-refractivity contribution in [3.8, 4) is 6.07 Å². The zero-order valence-corrected chi connectivity index (χ0v) is 11.2. The second-order valence-corrected chi connectivity index (χ2v) is 4.95. The van der Waals surface area contributed by atoms with E-state index in [4.69, 9.17) is 10.4 Å². The fraction of sp³-hybridized carbons (Fsp3) is 0.0769. The lowest BCUT2D eigenvalue weighted by atomic mass is 10.2. The van der Waals surface area contributed by atoms with Gasteiger partial charge < -0.3 is 10.4 Å². The maximum atomic E-state index is 11.9. The second kappa shape index (κ2) is 5.50. The molecule has 2 rings (SSSR count). The van der Waals surface area contributed by atoms with E-state index in [2.05, 4.69) is 10.3 Å². The van der Waals surface area contributed by atoms with E-state index in [0.29, 0.717) is 16.3 Å². The number of aryl methyl sites for hydroxylation is 1. The number of nitrogens with one attached hydrogen (secondary N) is 1. The lowest BCUT2D eigenvalue weighted by molar-refractivity contribution is 0.0702. The number of nitriles is 1. The number of aromatic carboxylic acids is 1. The summed E-state index contributed by atoms with van der Waals surface area (Å²) < 4.78 is 0. The third-order valence-corrected chi connectivity index (χ3v) is 3.48. The van der Waals surface area contributed by atoms with Crippen LogP contribution < -0.4 is 5.32 Å². The summed E-state index contributed by atoms with van der Waals surface area (Å²) >= 11 is 0.964. The highest BCUT2D eigenvalue weighted by Crippen LogP contribution is 2.22. The van der Waals surface area contributed by atoms with Gasteiger partial charge >= 0.3 is 5.97 Å². The Hall–Kier alpha value is -2.72. The summed E-state index contributed by atoms with van der Waals surface area (Å²) in [5.74, 6) is -1.49. The average molecular weight is 287 g/mol. The van der Waals surface area contributed by atoms with Crippen LogP contribution in [-0.2, 0) is 0 Å². The van der Waals surface area contributed by atoms with Crippen LogP contribution in [0.25, 0.3) is 0 Å². The molecule has 20 heavy (non-hydrogen) atoms. The van der Waals surface area contributed by atoms with Crippen LogP contribution in [0.2, 0.25) is 0 Å². The van der Waals surface area contributed by atoms with E-state index in [0.717, 1.165) is 11.3 Å². The summed E-state index contributed by atoms with van der Waals surface area (Å²) in [6, 6.07) is 7.88. The SMILES string of the molecule is Cc1nc(C(=O)Nc2ccc(C(=O)O)s2)ccc1C#N. The Kier molecular flexibility index (Phi) is 3.77. The average Bonchev–Trinajstić information content (AvgIpc) is 2.87. The molecule has 2 aromatic heterocycles. The van der Waals surface area contributed by atoms with Crippen LogP contribution in [0.15, 0.2) is 24.3 Å². The number of anilines is 1. The van der Waals surface area contributed by atoms with Gasteiger partial charge in [-0.2, -0.15) is 5.26 Å². The summed E-state index contributed by atoms with van der Waals surface area (Å²) in [5.41, 5.74) is 1.05. The van der Waals surface area contributed by atoms with Crippen LogP contribution in [0.5, 0.6) is 0 Å². The molecule has 0 radical (unpaired) electrons. The maximum Gasteiger partial charge on any atom is 0.345 e. The number of nitrogens with zero attached hydrogens (tertiary/aromatic N) is 2. The fourth-order valence-electron chi connectivity index (χ4n) is 1.50. The van der Waals surface area contributed by atoms with Crippen LogP contribution >= 0.6 is 11.3 Å². The van der Waals surface area contributed by atoms with Gasteiger partial charge in [-0.3, -0.25) is 4.79 Å². The number of aromatic nitrogens is 1. The van der Waals surface area contributed by atoms with Gasteiger partial charge in [0, 0.05) is 0 Å². The van der Waals surface area contributed by atoms with E-state index < -0.39 is 11.9 Å². The van der Waals surface area contributed by atoms with Gasteiger partial charge in [-0.05, 0) is 31.2 Å². The van der Waals surface area contributed by atoms with Gasteiger partial charge in [-0.15, -0.1) is 11.3 Å². The lowest BCUT2D eigenvalue weighted by Crippen LogP contribution is -2.13. The highest BCUT2D eigenvalue weighted by atomic mass is 32.1. The summed E-state index contributed by atoms with van der Waals surface area (Å²) in [7, 11) is 0. The van der Waals surface area contributed by atoms with E-state index in [1.165, 1.54) is 24.3 Å². The number of carboxylic acids is 1. The van der Waals surface area contributed by atoms with Crippen LogP contribution in [0, 0.1) is 18.3 Å². The third kappa shape index (κ3) is 2.81. The minimum Gasteiger partial charge on any atom is -0.477 e. The van der Waals surface area contributed by atoms with Crippen molar-refractivity contribution in [2.24, 2.45) is 0 Å². The van der Waals surface area contributed by atoms with Crippen molar-refractivity contribution in [1.82, 2.24) is 4.98 Å². The molecule has 6 nitrogen and oxygen atoms in total. The summed E-state index contributed by atoms with van der Waals surface area (Å²) in [6.45, 7) is 1.64. The fourth-order valence-corrected chi connectivity index (χ4v) is 2.24. The molecule has 0 aromatic carbocycles. The van der Waals surface area contributed by atoms with E-state index >= 15 is 0 Å². The van der Waals surface area contributed by atoms with Gasteiger partial charge in [-0.1, -0.05) is 0 Å². The van der Waals surface area contributed by atoms with E-state index in [1.807, 2.05) is 6.07 Å². The van der Waals surface area contributed by atoms with Crippen LogP contribution in [0.1, 0.15) is 31.4 Å². The van der Waals surface area contributed by atoms with Crippen molar-refractivity contribution in [3.05, 3.63) is 46.1 Å². The Balaban J connectivity index is 2.17. The maximum absolute atomic E-state index is 11.9. The zero-order chi connectivity index (χ0) is 14.7. The van der Waals surface area contributed by atoms with Crippen LogP contribution in [-0.4, -0.2) is 22.0 Å². The molecule has 0 unspecified atom stereocenters. The number of pyridine rings is 1. The largest absolute Gasteiger partial charge is 0.477 e. The van der Waals surface area contributed by atoms with Crippen LogP contribution in [0.4, 0.5) is 5.00 Å². The smallest absolute Gasteiger partial charge is 0.345 e. The molecule has 0 saturated carbocycles. The number of hydrogen-bond donors (Lipinski definition) is 2. The summed E-state index contributed by atoms with van der Waals surface area (Å²) in [5, 5.41) is 20.6. The standard InChI is InChI=1S/C13H9N3O3S/c1-7-8(6-14)2-3-9(15-7)12(17)16-11-5-4-10(20-11)13(18)19/h2-5H,1H3,(H,16,17)(H,18,19). The molecule has 0 aliphatic heterocycles. The number of thiophene rings is 1. The quantitative estimate of drug-likeness (QED) is 0.901. The first kappa shape index (κ1) is 13.7. The molecule has 0 saturated heterocycles. The highest BCUT2D eigenvalue weighted by Gasteiger charge is 2.12. The first-order valence-electron chi connectivity index (χ1n) is 5.53. The van der Waals surface area contributed by atoms with Gasteiger partial charge in [0.25, 0.3) is 5.91 Å². The van der Waals surface area contributed by atoms with Gasteiger partial charge in [0.1, 0.15) is 16.6 Å². The molecule has 100 valence electrons. The minimum atomic E-state index is -1.04. The molecular formula is C13H9N3O3S.